The van der Waals surface area contributed by atoms with Gasteiger partial charge in [-0.15, -0.1) is 11.3 Å². The summed E-state index contributed by atoms with van der Waals surface area (Å²) in [6.07, 6.45) is 3.12. The van der Waals surface area contributed by atoms with E-state index in [1.165, 1.54) is 13.2 Å². The van der Waals surface area contributed by atoms with Crippen LogP contribution in [0.2, 0.25) is 0 Å². The van der Waals surface area contributed by atoms with Crippen molar-refractivity contribution in [1.82, 2.24) is 5.32 Å². The van der Waals surface area contributed by atoms with Gasteiger partial charge in [0.05, 0.1) is 13.7 Å². The summed E-state index contributed by atoms with van der Waals surface area (Å²) in [6, 6.07) is 9.02. The molecule has 0 bridgehead atoms. The van der Waals surface area contributed by atoms with Gasteiger partial charge in [-0.2, -0.15) is 0 Å². The van der Waals surface area contributed by atoms with Gasteiger partial charge in [-0.1, -0.05) is 12.1 Å². The van der Waals surface area contributed by atoms with Crippen molar-refractivity contribution < 1.29 is 19.1 Å². The molecule has 1 heterocycles. The molecule has 126 valence electrons. The topological polar surface area (TPSA) is 90.7 Å². The van der Waals surface area contributed by atoms with Gasteiger partial charge in [-0.25, -0.2) is 0 Å². The van der Waals surface area contributed by atoms with E-state index in [9.17, 15) is 9.59 Å². The maximum Gasteiger partial charge on any atom is 0.255 e. The quantitative estimate of drug-likeness (QED) is 0.715. The average molecular weight is 346 g/mol. The number of amides is 2. The number of methoxy groups -OCH3 is 1. The number of hydrogen-bond acceptors (Lipinski definition) is 5. The van der Waals surface area contributed by atoms with Crippen molar-refractivity contribution in [3.8, 4) is 11.5 Å². The standard InChI is InChI=1S/C17H18N2O4S/c1-22-15-9-12(4-6-14(15)23-11-16(18)20)5-7-17(21)19-10-13-3-2-8-24-13/h2-9H,10-11H2,1H3,(H2,18,20)(H,19,21)/b7-5+. The Hall–Kier alpha value is -2.80. The first-order chi connectivity index (χ1) is 11.6. The first kappa shape index (κ1) is 17.6. The Morgan fingerprint density at radius 3 is 2.79 bits per heavy atom. The Morgan fingerprint density at radius 2 is 2.12 bits per heavy atom. The van der Waals surface area contributed by atoms with E-state index in [4.69, 9.17) is 15.2 Å². The second-order valence-electron chi connectivity index (χ2n) is 4.80. The summed E-state index contributed by atoms with van der Waals surface area (Å²) in [7, 11) is 1.49. The fourth-order valence-corrected chi connectivity index (χ4v) is 2.52. The minimum Gasteiger partial charge on any atom is -0.493 e. The molecule has 3 N–H and O–H groups in total. The summed E-state index contributed by atoms with van der Waals surface area (Å²) in [5.41, 5.74) is 5.81. The normalized spacial score (nSPS) is 10.5. The van der Waals surface area contributed by atoms with Crippen LogP contribution >= 0.6 is 11.3 Å². The summed E-state index contributed by atoms with van der Waals surface area (Å²) in [4.78, 5) is 23.7. The zero-order chi connectivity index (χ0) is 17.4. The van der Waals surface area contributed by atoms with Crippen molar-refractivity contribution in [3.05, 3.63) is 52.2 Å². The first-order valence-electron chi connectivity index (χ1n) is 7.16. The van der Waals surface area contributed by atoms with Crippen LogP contribution in [0.4, 0.5) is 0 Å². The minimum absolute atomic E-state index is 0.184. The van der Waals surface area contributed by atoms with Gasteiger partial charge in [0.25, 0.3) is 5.91 Å². The Labute approximate surface area is 143 Å². The van der Waals surface area contributed by atoms with Crippen molar-refractivity contribution in [2.45, 2.75) is 6.54 Å². The lowest BCUT2D eigenvalue weighted by Crippen LogP contribution is -2.20. The fraction of sp³-hybridized carbons (Fsp3) is 0.176. The van der Waals surface area contributed by atoms with Crippen LogP contribution in [-0.4, -0.2) is 25.5 Å². The van der Waals surface area contributed by atoms with Gasteiger partial charge in [0, 0.05) is 11.0 Å². The largest absolute Gasteiger partial charge is 0.493 e. The first-order valence-corrected chi connectivity index (χ1v) is 8.04. The molecule has 0 saturated carbocycles. The summed E-state index contributed by atoms with van der Waals surface area (Å²) in [6.45, 7) is 0.279. The highest BCUT2D eigenvalue weighted by Gasteiger charge is 2.06. The molecule has 2 amide bonds. The van der Waals surface area contributed by atoms with Gasteiger partial charge in [-0.3, -0.25) is 9.59 Å². The van der Waals surface area contributed by atoms with Crippen LogP contribution in [0.1, 0.15) is 10.4 Å². The Bertz CT molecular complexity index is 726. The maximum atomic E-state index is 11.8. The number of nitrogens with two attached hydrogens (primary N) is 1. The van der Waals surface area contributed by atoms with Crippen LogP contribution in [0.5, 0.6) is 11.5 Å². The highest BCUT2D eigenvalue weighted by Crippen LogP contribution is 2.28. The molecular weight excluding hydrogens is 328 g/mol. The lowest BCUT2D eigenvalue weighted by Gasteiger charge is -2.09. The van der Waals surface area contributed by atoms with Crippen LogP contribution in [-0.2, 0) is 16.1 Å². The Balaban J connectivity index is 1.95. The molecule has 0 fully saturated rings. The van der Waals surface area contributed by atoms with E-state index in [-0.39, 0.29) is 12.5 Å². The molecule has 7 heteroatoms. The number of carbonyl (C=O) groups is 2. The molecule has 0 aliphatic heterocycles. The number of carbonyl (C=O) groups excluding carboxylic acids is 2. The number of benzene rings is 1. The fourth-order valence-electron chi connectivity index (χ4n) is 1.87. The van der Waals surface area contributed by atoms with E-state index < -0.39 is 5.91 Å². The van der Waals surface area contributed by atoms with Crippen LogP contribution in [0, 0.1) is 0 Å². The van der Waals surface area contributed by atoms with E-state index >= 15 is 0 Å². The van der Waals surface area contributed by atoms with E-state index in [0.29, 0.717) is 18.0 Å². The van der Waals surface area contributed by atoms with Crippen molar-refractivity contribution in [2.75, 3.05) is 13.7 Å². The third-order valence-corrected chi connectivity index (χ3v) is 3.88. The van der Waals surface area contributed by atoms with Gasteiger partial charge in [-0.05, 0) is 35.2 Å². The third kappa shape index (κ3) is 5.44. The molecule has 1 aromatic heterocycles. The lowest BCUT2D eigenvalue weighted by atomic mass is 10.2. The molecule has 0 aliphatic rings. The molecule has 1 aromatic carbocycles. The van der Waals surface area contributed by atoms with Crippen LogP contribution in [0.3, 0.4) is 0 Å². The Kier molecular flexibility index (Phi) is 6.39. The molecule has 6 nitrogen and oxygen atoms in total. The predicted molar refractivity (Wildman–Crippen MR) is 92.9 cm³/mol. The van der Waals surface area contributed by atoms with Crippen LogP contribution < -0.4 is 20.5 Å². The van der Waals surface area contributed by atoms with E-state index in [1.54, 1.807) is 35.6 Å². The SMILES string of the molecule is COc1cc(/C=C/C(=O)NCc2cccs2)ccc1OCC(N)=O. The van der Waals surface area contributed by atoms with Gasteiger partial charge >= 0.3 is 0 Å². The van der Waals surface area contributed by atoms with Crippen LogP contribution in [0.25, 0.3) is 6.08 Å². The highest BCUT2D eigenvalue weighted by molar-refractivity contribution is 7.09. The number of thiophene rings is 1. The molecule has 0 aliphatic carbocycles. The van der Waals surface area contributed by atoms with E-state index in [2.05, 4.69) is 5.32 Å². The predicted octanol–water partition coefficient (Wildman–Crippen LogP) is 1.95. The van der Waals surface area contributed by atoms with Gasteiger partial charge < -0.3 is 20.5 Å². The molecule has 0 spiro atoms. The summed E-state index contributed by atoms with van der Waals surface area (Å²) >= 11 is 1.59. The smallest absolute Gasteiger partial charge is 0.255 e. The molecular formula is C17H18N2O4S. The number of ether oxygens (including phenoxy) is 2. The Morgan fingerprint density at radius 1 is 1.29 bits per heavy atom. The van der Waals surface area contributed by atoms with Crippen molar-refractivity contribution >= 4 is 29.2 Å². The second kappa shape index (κ2) is 8.73. The van der Waals surface area contributed by atoms with Crippen molar-refractivity contribution in [2.24, 2.45) is 5.73 Å². The third-order valence-electron chi connectivity index (χ3n) is 3.00. The molecule has 0 unspecified atom stereocenters. The lowest BCUT2D eigenvalue weighted by molar-refractivity contribution is -0.120. The minimum atomic E-state index is -0.566. The van der Waals surface area contributed by atoms with Crippen molar-refractivity contribution in [1.29, 1.82) is 0 Å². The molecule has 0 saturated heterocycles. The zero-order valence-corrected chi connectivity index (χ0v) is 14.0. The van der Waals surface area contributed by atoms with Crippen LogP contribution in [0.15, 0.2) is 41.8 Å². The van der Waals surface area contributed by atoms with Crippen molar-refractivity contribution in [3.63, 3.8) is 0 Å². The maximum absolute atomic E-state index is 11.8. The second-order valence-corrected chi connectivity index (χ2v) is 5.83. The monoisotopic (exact) mass is 346 g/mol. The van der Waals surface area contributed by atoms with E-state index in [1.807, 2.05) is 17.5 Å². The number of primary amides is 1. The van der Waals surface area contributed by atoms with Gasteiger partial charge in [0.1, 0.15) is 0 Å². The highest BCUT2D eigenvalue weighted by atomic mass is 32.1. The van der Waals surface area contributed by atoms with Gasteiger partial charge in [0.15, 0.2) is 18.1 Å². The summed E-state index contributed by atoms with van der Waals surface area (Å²) in [5, 5.41) is 4.77. The molecule has 2 aromatic rings. The molecule has 24 heavy (non-hydrogen) atoms. The zero-order valence-electron chi connectivity index (χ0n) is 13.2. The molecule has 2 rings (SSSR count). The number of nitrogens with one attached hydrogen (secondary N) is 1. The average Bonchev–Trinajstić information content (AvgIpc) is 3.10. The van der Waals surface area contributed by atoms with E-state index in [0.717, 1.165) is 10.4 Å². The number of hydrogen-bond donors (Lipinski definition) is 2. The summed E-state index contributed by atoms with van der Waals surface area (Å²) in [5.74, 6) is 0.118. The molecule has 0 atom stereocenters. The number of rotatable bonds is 8. The van der Waals surface area contributed by atoms with Gasteiger partial charge in [0.2, 0.25) is 5.91 Å². The molecule has 0 radical (unpaired) electrons. The summed E-state index contributed by atoms with van der Waals surface area (Å²) < 4.78 is 10.5.